The van der Waals surface area contributed by atoms with E-state index in [9.17, 15) is 0 Å². The lowest BCUT2D eigenvalue weighted by Crippen LogP contribution is -2.10. The van der Waals surface area contributed by atoms with E-state index in [1.165, 1.54) is 0 Å². The van der Waals surface area contributed by atoms with Crippen LogP contribution >= 0.6 is 11.6 Å². The average Bonchev–Trinajstić information content (AvgIpc) is 2.85. The van der Waals surface area contributed by atoms with Gasteiger partial charge in [-0.3, -0.25) is 0 Å². The quantitative estimate of drug-likeness (QED) is 0.719. The summed E-state index contributed by atoms with van der Waals surface area (Å²) in [6.07, 6.45) is 1.04. The van der Waals surface area contributed by atoms with Gasteiger partial charge in [0.05, 0.1) is 12.5 Å². The molecular weight excluding hydrogens is 202 g/mol. The third-order valence-corrected chi connectivity index (χ3v) is 2.83. The molecule has 0 N–H and O–H groups in total. The number of rotatable bonds is 3. The molecule has 1 aromatic heterocycles. The third-order valence-electron chi connectivity index (χ3n) is 2.59. The Morgan fingerprint density at radius 3 is 3.00 bits per heavy atom. The highest BCUT2D eigenvalue weighted by Gasteiger charge is 2.24. The van der Waals surface area contributed by atoms with E-state index in [1.807, 2.05) is 0 Å². The zero-order valence-corrected chi connectivity index (χ0v) is 9.00. The molecule has 0 aromatic carbocycles. The van der Waals surface area contributed by atoms with Gasteiger partial charge in [0.2, 0.25) is 0 Å². The molecule has 1 unspecified atom stereocenters. The van der Waals surface area contributed by atoms with Crippen molar-refractivity contribution in [3.63, 3.8) is 0 Å². The fourth-order valence-corrected chi connectivity index (χ4v) is 2.03. The van der Waals surface area contributed by atoms with E-state index in [4.69, 9.17) is 16.3 Å². The van der Waals surface area contributed by atoms with Crippen molar-refractivity contribution < 1.29 is 4.74 Å². The number of nitrogens with zero attached hydrogens (tertiary/aromatic N) is 3. The molecule has 78 valence electrons. The van der Waals surface area contributed by atoms with Gasteiger partial charge in [-0.2, -0.15) is 0 Å². The van der Waals surface area contributed by atoms with Crippen molar-refractivity contribution in [2.75, 3.05) is 13.2 Å². The summed E-state index contributed by atoms with van der Waals surface area (Å²) in [7, 11) is 0. The highest BCUT2D eigenvalue weighted by atomic mass is 35.5. The Labute approximate surface area is 88.2 Å². The highest BCUT2D eigenvalue weighted by Crippen LogP contribution is 2.24. The number of aromatic nitrogens is 3. The van der Waals surface area contributed by atoms with Crippen molar-refractivity contribution in [3.05, 3.63) is 11.6 Å². The summed E-state index contributed by atoms with van der Waals surface area (Å²) in [5, 5.41) is 8.26. The minimum absolute atomic E-state index is 0.402. The van der Waals surface area contributed by atoms with Crippen molar-refractivity contribution in [3.8, 4) is 0 Å². The van der Waals surface area contributed by atoms with Gasteiger partial charge in [-0.1, -0.05) is 0 Å². The molecule has 1 aliphatic heterocycles. The third kappa shape index (κ3) is 1.64. The van der Waals surface area contributed by atoms with Crippen molar-refractivity contribution in [1.29, 1.82) is 0 Å². The molecule has 0 aliphatic carbocycles. The van der Waals surface area contributed by atoms with Crippen molar-refractivity contribution in [1.82, 2.24) is 14.8 Å². The van der Waals surface area contributed by atoms with Gasteiger partial charge in [0.1, 0.15) is 11.6 Å². The van der Waals surface area contributed by atoms with Crippen LogP contribution in [0.4, 0.5) is 0 Å². The minimum Gasteiger partial charge on any atom is -0.381 e. The Balaban J connectivity index is 2.27. The van der Waals surface area contributed by atoms with E-state index in [1.54, 1.807) is 0 Å². The molecule has 1 fully saturated rings. The van der Waals surface area contributed by atoms with Crippen LogP contribution in [0.25, 0.3) is 0 Å². The second kappa shape index (κ2) is 4.28. The second-order valence-corrected chi connectivity index (χ2v) is 3.68. The molecule has 0 saturated carbocycles. The molecule has 5 heteroatoms. The normalized spacial score (nSPS) is 21.7. The van der Waals surface area contributed by atoms with Crippen LogP contribution in [0, 0.1) is 0 Å². The maximum Gasteiger partial charge on any atom is 0.147 e. The Morgan fingerprint density at radius 1 is 1.57 bits per heavy atom. The van der Waals surface area contributed by atoms with Gasteiger partial charge >= 0.3 is 0 Å². The zero-order chi connectivity index (χ0) is 9.97. The summed E-state index contributed by atoms with van der Waals surface area (Å²) in [6.45, 7) is 4.55. The molecule has 0 spiro atoms. The topological polar surface area (TPSA) is 39.9 Å². The lowest BCUT2D eigenvalue weighted by atomic mass is 10.1. The molecule has 2 heterocycles. The fraction of sp³-hybridized carbons (Fsp3) is 0.778. The first-order chi connectivity index (χ1) is 6.86. The predicted molar refractivity (Wildman–Crippen MR) is 53.4 cm³/mol. The maximum atomic E-state index is 5.78. The Kier molecular flexibility index (Phi) is 3.03. The van der Waals surface area contributed by atoms with Crippen LogP contribution in [-0.4, -0.2) is 28.0 Å². The molecule has 0 amide bonds. The van der Waals surface area contributed by atoms with Crippen molar-refractivity contribution >= 4 is 11.6 Å². The van der Waals surface area contributed by atoms with Crippen LogP contribution < -0.4 is 0 Å². The fourth-order valence-electron chi connectivity index (χ4n) is 1.83. The van der Waals surface area contributed by atoms with E-state index in [0.717, 1.165) is 37.8 Å². The van der Waals surface area contributed by atoms with Crippen molar-refractivity contribution in [2.24, 2.45) is 0 Å². The van der Waals surface area contributed by atoms with Crippen LogP contribution in [0.2, 0.25) is 0 Å². The molecular formula is C9H14ClN3O. The SMILES string of the molecule is CCn1c(CCl)nnc1C1CCOC1. The first kappa shape index (κ1) is 9.93. The van der Waals surface area contributed by atoms with E-state index in [0.29, 0.717) is 11.8 Å². The van der Waals surface area contributed by atoms with Gasteiger partial charge in [-0.05, 0) is 13.3 Å². The summed E-state index contributed by atoms with van der Waals surface area (Å²) >= 11 is 5.78. The molecule has 14 heavy (non-hydrogen) atoms. The monoisotopic (exact) mass is 215 g/mol. The summed E-state index contributed by atoms with van der Waals surface area (Å²) in [4.78, 5) is 0. The molecule has 0 bridgehead atoms. The molecule has 1 aliphatic rings. The molecule has 0 radical (unpaired) electrons. The molecule has 1 saturated heterocycles. The van der Waals surface area contributed by atoms with Crippen LogP contribution in [0.5, 0.6) is 0 Å². The highest BCUT2D eigenvalue weighted by molar-refractivity contribution is 6.16. The average molecular weight is 216 g/mol. The number of hydrogen-bond acceptors (Lipinski definition) is 3. The van der Waals surface area contributed by atoms with Gasteiger partial charge in [-0.15, -0.1) is 21.8 Å². The van der Waals surface area contributed by atoms with Crippen LogP contribution in [-0.2, 0) is 17.2 Å². The summed E-state index contributed by atoms with van der Waals surface area (Å²) in [5.41, 5.74) is 0. The molecule has 4 nitrogen and oxygen atoms in total. The first-order valence-corrected chi connectivity index (χ1v) is 5.46. The largest absolute Gasteiger partial charge is 0.381 e. The Bertz CT molecular complexity index is 307. The number of alkyl halides is 1. The lowest BCUT2D eigenvalue weighted by Gasteiger charge is -2.09. The second-order valence-electron chi connectivity index (χ2n) is 3.41. The van der Waals surface area contributed by atoms with Crippen molar-refractivity contribution in [2.45, 2.75) is 31.7 Å². The van der Waals surface area contributed by atoms with E-state index in [2.05, 4.69) is 21.7 Å². The predicted octanol–water partition coefficient (Wildman–Crippen LogP) is 1.54. The summed E-state index contributed by atoms with van der Waals surface area (Å²) in [6, 6.07) is 0. The van der Waals surface area contributed by atoms with Crippen LogP contribution in [0.3, 0.4) is 0 Å². The van der Waals surface area contributed by atoms with Gasteiger partial charge in [-0.25, -0.2) is 0 Å². The van der Waals surface area contributed by atoms with Gasteiger partial charge < -0.3 is 9.30 Å². The zero-order valence-electron chi connectivity index (χ0n) is 8.24. The van der Waals surface area contributed by atoms with Crippen LogP contribution in [0.15, 0.2) is 0 Å². The summed E-state index contributed by atoms with van der Waals surface area (Å²) in [5.74, 6) is 2.71. The van der Waals surface area contributed by atoms with E-state index < -0.39 is 0 Å². The smallest absolute Gasteiger partial charge is 0.147 e. The Morgan fingerprint density at radius 2 is 2.43 bits per heavy atom. The van der Waals surface area contributed by atoms with E-state index >= 15 is 0 Å². The van der Waals surface area contributed by atoms with Crippen LogP contribution in [0.1, 0.15) is 30.9 Å². The maximum absolute atomic E-state index is 5.78. The lowest BCUT2D eigenvalue weighted by molar-refractivity contribution is 0.192. The molecule has 1 atom stereocenters. The number of hydrogen-bond donors (Lipinski definition) is 0. The van der Waals surface area contributed by atoms with Gasteiger partial charge in [0.25, 0.3) is 0 Å². The van der Waals surface area contributed by atoms with Gasteiger partial charge in [0.15, 0.2) is 0 Å². The number of ether oxygens (including phenoxy) is 1. The Hall–Kier alpha value is -0.610. The minimum atomic E-state index is 0.402. The van der Waals surface area contributed by atoms with E-state index in [-0.39, 0.29) is 0 Å². The number of halogens is 1. The molecule has 2 rings (SSSR count). The standard InChI is InChI=1S/C9H14ClN3O/c1-2-13-8(5-10)11-12-9(13)7-3-4-14-6-7/h7H,2-6H2,1H3. The summed E-state index contributed by atoms with van der Waals surface area (Å²) < 4.78 is 7.43. The first-order valence-electron chi connectivity index (χ1n) is 4.92. The molecule has 1 aromatic rings. The van der Waals surface area contributed by atoms with Gasteiger partial charge in [0, 0.05) is 19.1 Å².